The summed E-state index contributed by atoms with van der Waals surface area (Å²) >= 11 is 0.971. The summed E-state index contributed by atoms with van der Waals surface area (Å²) in [6.07, 6.45) is 2.52. The van der Waals surface area contributed by atoms with Crippen molar-refractivity contribution < 1.29 is 28.6 Å². The van der Waals surface area contributed by atoms with Crippen LogP contribution in [0.5, 0.6) is 11.5 Å². The van der Waals surface area contributed by atoms with Crippen molar-refractivity contribution in [3.05, 3.63) is 34.7 Å². The highest BCUT2D eigenvalue weighted by molar-refractivity contribution is 8.18. The molecule has 1 amide bonds. The van der Waals surface area contributed by atoms with Crippen LogP contribution in [-0.2, 0) is 19.1 Å². The van der Waals surface area contributed by atoms with Crippen LogP contribution in [0.4, 0.5) is 0 Å². The summed E-state index contributed by atoms with van der Waals surface area (Å²) in [4.78, 5) is 34.8. The van der Waals surface area contributed by atoms with Gasteiger partial charge in [0.15, 0.2) is 16.7 Å². The fraction of sp³-hybridized carbons (Fsp3) is 0.278. The Hall–Kier alpha value is -3.14. The Kier molecular flexibility index (Phi) is 7.33. The van der Waals surface area contributed by atoms with Gasteiger partial charge in [-0.3, -0.25) is 14.9 Å². The molecule has 0 aromatic heterocycles. The molecular weight excluding hydrogens is 386 g/mol. The molecule has 1 aromatic carbocycles. The highest BCUT2D eigenvalue weighted by Gasteiger charge is 2.25. The van der Waals surface area contributed by atoms with Gasteiger partial charge in [0.25, 0.3) is 5.91 Å². The summed E-state index contributed by atoms with van der Waals surface area (Å²) in [6.45, 7) is 3.47. The third kappa shape index (κ3) is 5.68. The van der Waals surface area contributed by atoms with Crippen LogP contribution in [0.3, 0.4) is 0 Å². The standard InChI is InChI=1S/C18H19N3O6S/c1-10(2)17(24)27-12-6-5-11(7-13(12)25-3)9-19-21-18-20-16(23)14(28-18)8-15(22)26-4/h5-10H,1-4H3,(H,20,21,23)/b14-8+,19-9?. The number of nitrogens with zero attached hydrogens (tertiary/aromatic N) is 2. The molecule has 1 N–H and O–H groups in total. The van der Waals surface area contributed by atoms with Gasteiger partial charge in [0, 0.05) is 6.08 Å². The molecule has 2 rings (SSSR count). The topological polar surface area (TPSA) is 116 Å². The molecule has 28 heavy (non-hydrogen) atoms. The van der Waals surface area contributed by atoms with Crippen LogP contribution < -0.4 is 14.8 Å². The van der Waals surface area contributed by atoms with Gasteiger partial charge in [-0.2, -0.15) is 5.10 Å². The highest BCUT2D eigenvalue weighted by Crippen LogP contribution is 2.28. The summed E-state index contributed by atoms with van der Waals surface area (Å²) in [5, 5.41) is 10.5. The molecule has 1 fully saturated rings. The Morgan fingerprint density at radius 1 is 1.21 bits per heavy atom. The molecule has 1 heterocycles. The maximum Gasteiger partial charge on any atom is 0.331 e. The lowest BCUT2D eigenvalue weighted by Crippen LogP contribution is -2.19. The lowest BCUT2D eigenvalue weighted by Gasteiger charge is -2.11. The number of ether oxygens (including phenoxy) is 3. The summed E-state index contributed by atoms with van der Waals surface area (Å²) < 4.78 is 15.0. The monoisotopic (exact) mass is 405 g/mol. The van der Waals surface area contributed by atoms with Crippen LogP contribution in [0.25, 0.3) is 0 Å². The maximum absolute atomic E-state index is 11.7. The zero-order valence-corrected chi connectivity index (χ0v) is 16.5. The lowest BCUT2D eigenvalue weighted by molar-refractivity contribution is -0.138. The molecule has 0 atom stereocenters. The molecule has 9 nitrogen and oxygen atoms in total. The van der Waals surface area contributed by atoms with Gasteiger partial charge in [-0.15, -0.1) is 5.10 Å². The second kappa shape index (κ2) is 9.70. The Balaban J connectivity index is 2.09. The van der Waals surface area contributed by atoms with Crippen molar-refractivity contribution in [2.45, 2.75) is 13.8 Å². The van der Waals surface area contributed by atoms with E-state index in [4.69, 9.17) is 9.47 Å². The van der Waals surface area contributed by atoms with E-state index in [0.29, 0.717) is 17.1 Å². The quantitative estimate of drug-likeness (QED) is 0.252. The molecule has 0 spiro atoms. The number of thioether (sulfide) groups is 1. The van der Waals surface area contributed by atoms with Crippen molar-refractivity contribution in [1.82, 2.24) is 5.32 Å². The zero-order valence-electron chi connectivity index (χ0n) is 15.7. The molecule has 0 bridgehead atoms. The highest BCUT2D eigenvalue weighted by atomic mass is 32.2. The Labute approximate surface area is 165 Å². The smallest absolute Gasteiger partial charge is 0.331 e. The van der Waals surface area contributed by atoms with E-state index < -0.39 is 11.9 Å². The molecule has 0 saturated carbocycles. The van der Waals surface area contributed by atoms with E-state index in [0.717, 1.165) is 17.8 Å². The first-order valence-electron chi connectivity index (χ1n) is 8.13. The van der Waals surface area contributed by atoms with E-state index in [1.165, 1.54) is 20.4 Å². The van der Waals surface area contributed by atoms with Crippen molar-refractivity contribution >= 4 is 41.0 Å². The largest absolute Gasteiger partial charge is 0.493 e. The number of amidine groups is 1. The Bertz CT molecular complexity index is 876. The Morgan fingerprint density at radius 3 is 2.61 bits per heavy atom. The van der Waals surface area contributed by atoms with Crippen molar-refractivity contribution in [2.24, 2.45) is 16.1 Å². The first kappa shape index (κ1) is 21.2. The van der Waals surface area contributed by atoms with E-state index in [1.807, 2.05) is 0 Å². The third-order valence-electron chi connectivity index (χ3n) is 3.33. The first-order valence-corrected chi connectivity index (χ1v) is 8.95. The number of carbonyl (C=O) groups excluding carboxylic acids is 3. The molecule has 1 saturated heterocycles. The molecule has 1 aliphatic heterocycles. The lowest BCUT2D eigenvalue weighted by atomic mass is 10.2. The van der Waals surface area contributed by atoms with Crippen LogP contribution in [-0.4, -0.2) is 43.4 Å². The molecule has 148 valence electrons. The molecule has 0 radical (unpaired) electrons. The minimum Gasteiger partial charge on any atom is -0.493 e. The number of carbonyl (C=O) groups is 3. The average molecular weight is 405 g/mol. The zero-order chi connectivity index (χ0) is 20.7. The normalized spacial score (nSPS) is 16.7. The van der Waals surface area contributed by atoms with Gasteiger partial charge in [0.1, 0.15) is 0 Å². The summed E-state index contributed by atoms with van der Waals surface area (Å²) in [5.41, 5.74) is 0.644. The third-order valence-corrected chi connectivity index (χ3v) is 4.23. The molecule has 10 heteroatoms. The fourth-order valence-electron chi connectivity index (χ4n) is 1.86. The van der Waals surface area contributed by atoms with Crippen LogP contribution in [0, 0.1) is 5.92 Å². The van der Waals surface area contributed by atoms with Crippen molar-refractivity contribution in [2.75, 3.05) is 14.2 Å². The molecule has 0 aliphatic carbocycles. The maximum atomic E-state index is 11.7. The predicted octanol–water partition coefficient (Wildman–Crippen LogP) is 1.87. The number of nitrogens with one attached hydrogen (secondary N) is 1. The van der Waals surface area contributed by atoms with Crippen molar-refractivity contribution in [3.63, 3.8) is 0 Å². The van der Waals surface area contributed by atoms with E-state index in [-0.39, 0.29) is 22.0 Å². The molecular formula is C18H19N3O6S. The number of benzene rings is 1. The van der Waals surface area contributed by atoms with E-state index in [9.17, 15) is 14.4 Å². The van der Waals surface area contributed by atoms with Crippen LogP contribution in [0.1, 0.15) is 19.4 Å². The fourth-order valence-corrected chi connectivity index (χ4v) is 2.60. The number of hydrogen-bond donors (Lipinski definition) is 1. The minimum atomic E-state index is -0.632. The van der Waals surface area contributed by atoms with Crippen molar-refractivity contribution in [1.29, 1.82) is 0 Å². The van der Waals surface area contributed by atoms with Crippen molar-refractivity contribution in [3.8, 4) is 11.5 Å². The molecule has 1 aliphatic rings. The minimum absolute atomic E-state index is 0.166. The second-order valence-electron chi connectivity index (χ2n) is 5.72. The van der Waals surface area contributed by atoms with Gasteiger partial charge in [-0.25, -0.2) is 4.79 Å². The van der Waals surface area contributed by atoms with Crippen LogP contribution in [0.15, 0.2) is 39.4 Å². The SMILES string of the molecule is COC(=O)/C=C1/S/C(=N\N=Cc2ccc(OC(=O)C(C)C)c(OC)c2)NC1=O. The summed E-state index contributed by atoms with van der Waals surface area (Å²) in [7, 11) is 2.68. The van der Waals surface area contributed by atoms with E-state index in [1.54, 1.807) is 32.0 Å². The van der Waals surface area contributed by atoms with Gasteiger partial charge in [-0.1, -0.05) is 13.8 Å². The number of rotatable bonds is 6. The average Bonchev–Trinajstić information content (AvgIpc) is 3.01. The van der Waals surface area contributed by atoms with E-state index >= 15 is 0 Å². The van der Waals surface area contributed by atoms with Gasteiger partial charge < -0.3 is 14.2 Å². The number of esters is 2. The van der Waals surface area contributed by atoms with Crippen LogP contribution >= 0.6 is 11.8 Å². The molecule has 1 aromatic rings. The van der Waals surface area contributed by atoms with Crippen LogP contribution in [0.2, 0.25) is 0 Å². The summed E-state index contributed by atoms with van der Waals surface area (Å²) in [5.74, 6) is -1.04. The van der Waals surface area contributed by atoms with Gasteiger partial charge >= 0.3 is 11.9 Å². The van der Waals surface area contributed by atoms with E-state index in [2.05, 4.69) is 20.3 Å². The predicted molar refractivity (Wildman–Crippen MR) is 104 cm³/mol. The number of hydrogen-bond acceptors (Lipinski definition) is 9. The number of amides is 1. The van der Waals surface area contributed by atoms with Gasteiger partial charge in [0.2, 0.25) is 0 Å². The summed E-state index contributed by atoms with van der Waals surface area (Å²) in [6, 6.07) is 4.91. The Morgan fingerprint density at radius 2 is 1.96 bits per heavy atom. The molecule has 0 unspecified atom stereocenters. The van der Waals surface area contributed by atoms with Gasteiger partial charge in [0.05, 0.1) is 31.3 Å². The van der Waals surface area contributed by atoms with Gasteiger partial charge in [-0.05, 0) is 35.5 Å². The second-order valence-corrected chi connectivity index (χ2v) is 6.75. The first-order chi connectivity index (χ1) is 13.3. The number of methoxy groups -OCH3 is 2.